The Bertz CT molecular complexity index is 1130. The van der Waals surface area contributed by atoms with Crippen LogP contribution in [0.3, 0.4) is 0 Å². The molecule has 31 heavy (non-hydrogen) atoms. The highest BCUT2D eigenvalue weighted by Crippen LogP contribution is 2.38. The van der Waals surface area contributed by atoms with Gasteiger partial charge in [-0.05, 0) is 37.0 Å². The van der Waals surface area contributed by atoms with Gasteiger partial charge in [-0.25, -0.2) is 0 Å². The first-order valence-corrected chi connectivity index (χ1v) is 12.7. The van der Waals surface area contributed by atoms with E-state index < -0.39 is 0 Å². The lowest BCUT2D eigenvalue weighted by atomic mass is 10.1. The maximum atomic E-state index is 12.6. The normalized spacial score (nSPS) is 12.4. The number of hydrogen-bond donors (Lipinski definition) is 1. The van der Waals surface area contributed by atoms with Crippen molar-refractivity contribution in [3.63, 3.8) is 0 Å². The van der Waals surface area contributed by atoms with Gasteiger partial charge in [-0.15, -0.1) is 39.9 Å². The second kappa shape index (κ2) is 10.2. The molecule has 1 N–H and O–H groups in total. The smallest absolute Gasteiger partial charge is 0.235 e. The van der Waals surface area contributed by atoms with Crippen LogP contribution in [0.25, 0.3) is 0 Å². The van der Waals surface area contributed by atoms with Crippen LogP contribution in [0.2, 0.25) is 0 Å². The van der Waals surface area contributed by atoms with Gasteiger partial charge in [0, 0.05) is 16.3 Å². The van der Waals surface area contributed by atoms with E-state index in [9.17, 15) is 10.1 Å². The largest absolute Gasteiger partial charge is 0.316 e. The van der Waals surface area contributed by atoms with Crippen molar-refractivity contribution in [2.24, 2.45) is 0 Å². The molecule has 0 bridgehead atoms. The van der Waals surface area contributed by atoms with Crippen LogP contribution < -0.4 is 5.32 Å². The molecule has 0 aliphatic heterocycles. The van der Waals surface area contributed by atoms with E-state index in [4.69, 9.17) is 0 Å². The summed E-state index contributed by atoms with van der Waals surface area (Å²) in [5.74, 6) is 1.59. The summed E-state index contributed by atoms with van der Waals surface area (Å²) in [7, 11) is 0. The van der Waals surface area contributed by atoms with Crippen molar-refractivity contribution in [2.75, 3.05) is 11.1 Å². The Morgan fingerprint density at radius 2 is 2.13 bits per heavy atom. The first-order chi connectivity index (χ1) is 15.2. The molecule has 4 rings (SSSR count). The highest BCUT2D eigenvalue weighted by atomic mass is 32.2. The quantitative estimate of drug-likeness (QED) is 0.356. The topological polar surface area (TPSA) is 83.6 Å². The molecule has 0 saturated carbocycles. The summed E-state index contributed by atoms with van der Waals surface area (Å²) < 4.78 is 1.99. The van der Waals surface area contributed by atoms with Crippen LogP contribution in [0.5, 0.6) is 0 Å². The molecule has 1 amide bonds. The Labute approximate surface area is 193 Å². The number of rotatable bonds is 9. The zero-order chi connectivity index (χ0) is 21.6. The molecule has 0 atom stereocenters. The predicted octanol–water partition coefficient (Wildman–Crippen LogP) is 4.91. The lowest BCUT2D eigenvalue weighted by Gasteiger charge is -2.08. The number of hydrogen-bond acceptors (Lipinski definition) is 7. The Morgan fingerprint density at radius 1 is 1.29 bits per heavy atom. The summed E-state index contributed by atoms with van der Waals surface area (Å²) in [5, 5.41) is 22.4. The number of carbonyl (C=O) groups is 1. The average Bonchev–Trinajstić information content (AvgIpc) is 3.47. The molecule has 6 nitrogen and oxygen atoms in total. The van der Waals surface area contributed by atoms with Crippen molar-refractivity contribution in [3.8, 4) is 6.07 Å². The maximum Gasteiger partial charge on any atom is 0.235 e. The van der Waals surface area contributed by atoms with Gasteiger partial charge in [0.25, 0.3) is 0 Å². The number of nitrogens with zero attached hydrogens (tertiary/aromatic N) is 4. The van der Waals surface area contributed by atoms with Crippen LogP contribution in [0, 0.1) is 11.3 Å². The highest BCUT2D eigenvalue weighted by Gasteiger charge is 2.23. The zero-order valence-electron chi connectivity index (χ0n) is 16.8. The molecular weight excluding hydrogens is 446 g/mol. The van der Waals surface area contributed by atoms with Gasteiger partial charge in [0.05, 0.1) is 17.1 Å². The van der Waals surface area contributed by atoms with E-state index in [0.29, 0.717) is 28.0 Å². The second-order valence-corrected chi connectivity index (χ2v) is 10.0. The third-order valence-corrected chi connectivity index (χ3v) is 8.02. The molecule has 1 aromatic carbocycles. The number of amides is 1. The summed E-state index contributed by atoms with van der Waals surface area (Å²) in [6.45, 7) is 4.41. The van der Waals surface area contributed by atoms with Gasteiger partial charge in [-0.1, -0.05) is 36.0 Å². The van der Waals surface area contributed by atoms with Crippen molar-refractivity contribution < 1.29 is 4.79 Å². The van der Waals surface area contributed by atoms with Crippen LogP contribution in [0.1, 0.15) is 28.2 Å². The number of benzene rings is 1. The van der Waals surface area contributed by atoms with Crippen molar-refractivity contribution in [2.45, 2.75) is 41.6 Å². The van der Waals surface area contributed by atoms with Gasteiger partial charge in [0.15, 0.2) is 5.16 Å². The molecule has 1 aliphatic carbocycles. The fourth-order valence-electron chi connectivity index (χ4n) is 3.41. The Morgan fingerprint density at radius 3 is 2.90 bits per heavy atom. The molecule has 0 unspecified atom stereocenters. The molecule has 0 fully saturated rings. The summed E-state index contributed by atoms with van der Waals surface area (Å²) in [5.41, 5.74) is 1.74. The Kier molecular flexibility index (Phi) is 7.12. The number of fused-ring (bicyclic) bond motifs is 1. The average molecular weight is 468 g/mol. The van der Waals surface area contributed by atoms with E-state index in [1.165, 1.54) is 32.9 Å². The SMILES string of the molecule is C=CCn1c(CSc2ccccc2)nnc1SCC(=O)Nc1sc2c(c1C#N)CCC2. The molecule has 0 saturated heterocycles. The van der Waals surface area contributed by atoms with Gasteiger partial charge in [-0.3, -0.25) is 4.79 Å². The van der Waals surface area contributed by atoms with Crippen LogP contribution in [-0.2, 0) is 29.9 Å². The van der Waals surface area contributed by atoms with Crippen molar-refractivity contribution in [1.29, 1.82) is 5.26 Å². The van der Waals surface area contributed by atoms with Crippen LogP contribution in [-0.4, -0.2) is 26.4 Å². The molecule has 1 aliphatic rings. The third-order valence-electron chi connectivity index (χ3n) is 4.83. The molecule has 3 aromatic rings. The number of carbonyl (C=O) groups excluding carboxylic acids is 1. The van der Waals surface area contributed by atoms with Crippen molar-refractivity contribution >= 4 is 45.8 Å². The summed E-state index contributed by atoms with van der Waals surface area (Å²) in [6.07, 6.45) is 4.81. The molecule has 0 radical (unpaired) electrons. The molecular formula is C22H21N5OS3. The van der Waals surface area contributed by atoms with Gasteiger partial charge in [0.1, 0.15) is 16.9 Å². The van der Waals surface area contributed by atoms with E-state index in [1.54, 1.807) is 17.8 Å². The maximum absolute atomic E-state index is 12.6. The minimum atomic E-state index is -0.144. The lowest BCUT2D eigenvalue weighted by molar-refractivity contribution is -0.113. The van der Waals surface area contributed by atoms with E-state index >= 15 is 0 Å². The zero-order valence-corrected chi connectivity index (χ0v) is 19.3. The molecule has 0 spiro atoms. The van der Waals surface area contributed by atoms with Crippen LogP contribution in [0.4, 0.5) is 5.00 Å². The number of nitriles is 1. The monoisotopic (exact) mass is 467 g/mol. The van der Waals surface area contributed by atoms with Gasteiger partial charge >= 0.3 is 0 Å². The number of anilines is 1. The minimum Gasteiger partial charge on any atom is -0.316 e. The van der Waals surface area contributed by atoms with Crippen LogP contribution in [0.15, 0.2) is 53.0 Å². The fraction of sp³-hybridized carbons (Fsp3) is 0.273. The predicted molar refractivity (Wildman–Crippen MR) is 127 cm³/mol. The standard InChI is InChI=1S/C22H21N5OS3/c1-2-11-27-19(13-29-15-7-4-3-5-8-15)25-26-22(27)30-14-20(28)24-21-17(12-23)16-9-6-10-18(16)31-21/h2-5,7-8H,1,6,9-11,13-14H2,(H,24,28). The van der Waals surface area contributed by atoms with Gasteiger partial charge in [0.2, 0.25) is 5.91 Å². The summed E-state index contributed by atoms with van der Waals surface area (Å²) in [4.78, 5) is 14.9. The summed E-state index contributed by atoms with van der Waals surface area (Å²) in [6, 6.07) is 12.4. The minimum absolute atomic E-state index is 0.144. The second-order valence-electron chi connectivity index (χ2n) is 6.91. The molecule has 158 valence electrons. The number of nitrogens with one attached hydrogen (secondary N) is 1. The fourth-order valence-corrected chi connectivity index (χ4v) is 6.29. The molecule has 2 aromatic heterocycles. The van der Waals surface area contributed by atoms with E-state index in [1.807, 2.05) is 22.8 Å². The van der Waals surface area contributed by atoms with Gasteiger partial charge < -0.3 is 9.88 Å². The van der Waals surface area contributed by atoms with Crippen LogP contribution >= 0.6 is 34.9 Å². The van der Waals surface area contributed by atoms with E-state index in [0.717, 1.165) is 30.7 Å². The Hall–Kier alpha value is -2.54. The van der Waals surface area contributed by atoms with Crippen molar-refractivity contribution in [1.82, 2.24) is 14.8 Å². The first-order valence-electron chi connectivity index (χ1n) is 9.87. The number of allylic oxidation sites excluding steroid dienone is 1. The number of thiophene rings is 1. The Balaban J connectivity index is 1.39. The molecule has 9 heteroatoms. The van der Waals surface area contributed by atoms with Crippen molar-refractivity contribution in [3.05, 3.63) is 64.8 Å². The number of aryl methyl sites for hydroxylation is 1. The molecule has 2 heterocycles. The highest BCUT2D eigenvalue weighted by molar-refractivity contribution is 7.99. The number of aromatic nitrogens is 3. The third kappa shape index (κ3) is 5.03. The number of thioether (sulfide) groups is 2. The van der Waals surface area contributed by atoms with Gasteiger partial charge in [-0.2, -0.15) is 5.26 Å². The summed E-state index contributed by atoms with van der Waals surface area (Å²) >= 11 is 4.57. The van der Waals surface area contributed by atoms with E-state index in [-0.39, 0.29) is 11.7 Å². The van der Waals surface area contributed by atoms with E-state index in [2.05, 4.69) is 40.3 Å². The first kappa shape index (κ1) is 21.7. The lowest BCUT2D eigenvalue weighted by Crippen LogP contribution is -2.14.